The lowest BCUT2D eigenvalue weighted by Crippen LogP contribution is -2.59. The van der Waals surface area contributed by atoms with E-state index in [1.165, 1.54) is 33.2 Å². The molecule has 16 heteroatoms. The van der Waals surface area contributed by atoms with Gasteiger partial charge >= 0.3 is 0 Å². The fourth-order valence-electron chi connectivity index (χ4n) is 6.80. The molecule has 2 aromatic carbocycles. The van der Waals surface area contributed by atoms with Gasteiger partial charge in [0.05, 0.1) is 46.1 Å². The first-order valence-corrected chi connectivity index (χ1v) is 19.1. The molecule has 1 aliphatic carbocycles. The van der Waals surface area contributed by atoms with Gasteiger partial charge in [-0.3, -0.25) is 24.0 Å². The number of rotatable bonds is 6. The number of aryl methyl sites for hydroxylation is 2. The third kappa shape index (κ3) is 10.3. The third-order valence-electron chi connectivity index (χ3n) is 9.93. The number of carbonyl (C=O) groups excluding carboxylic acids is 5. The Morgan fingerprint density at radius 2 is 1.63 bits per heavy atom. The van der Waals surface area contributed by atoms with E-state index in [2.05, 4.69) is 26.3 Å². The van der Waals surface area contributed by atoms with Crippen molar-refractivity contribution < 1.29 is 48.0 Å². The van der Waals surface area contributed by atoms with Gasteiger partial charge in [-0.1, -0.05) is 19.9 Å². The molecule has 2 bridgehead atoms. The highest BCUT2D eigenvalue weighted by molar-refractivity contribution is 5.99. The van der Waals surface area contributed by atoms with Crippen molar-refractivity contribution >= 4 is 29.5 Å². The van der Waals surface area contributed by atoms with E-state index in [0.717, 1.165) is 30.5 Å². The Balaban J connectivity index is 1.47. The Hall–Kier alpha value is -5.90. The first kappa shape index (κ1) is 42.2. The zero-order valence-corrected chi connectivity index (χ0v) is 33.2. The lowest BCUT2D eigenvalue weighted by molar-refractivity contribution is -0.135. The molecule has 1 aliphatic heterocycles. The molecule has 16 nitrogen and oxygen atoms in total. The monoisotopic (exact) mass is 788 g/mol. The molecule has 3 aromatic rings. The first-order chi connectivity index (χ1) is 27.3. The number of aliphatic hydroxyl groups is 1. The van der Waals surface area contributed by atoms with Gasteiger partial charge in [0.1, 0.15) is 29.1 Å². The van der Waals surface area contributed by atoms with Gasteiger partial charge in [0.2, 0.25) is 23.6 Å². The third-order valence-corrected chi connectivity index (χ3v) is 9.93. The summed E-state index contributed by atoms with van der Waals surface area (Å²) in [6.45, 7) is 4.63. The molecule has 0 unspecified atom stereocenters. The van der Waals surface area contributed by atoms with Gasteiger partial charge in [-0.05, 0) is 86.9 Å². The molecule has 0 fully saturated rings. The maximum Gasteiger partial charge on any atom is 0.259 e. The largest absolute Gasteiger partial charge is 0.496 e. The Morgan fingerprint density at radius 1 is 0.860 bits per heavy atom. The molecule has 0 radical (unpaired) electrons. The molecule has 0 spiro atoms. The summed E-state index contributed by atoms with van der Waals surface area (Å²) in [5.74, 6) is -1.88. The summed E-state index contributed by atoms with van der Waals surface area (Å²) in [7, 11) is 4.38. The number of hydrogen-bond acceptors (Lipinski definition) is 11. The van der Waals surface area contributed by atoms with Crippen LogP contribution in [0.15, 0.2) is 42.5 Å². The van der Waals surface area contributed by atoms with Crippen LogP contribution in [0.25, 0.3) is 0 Å². The molecule has 2 heterocycles. The van der Waals surface area contributed by atoms with Crippen molar-refractivity contribution in [3.8, 4) is 28.9 Å². The van der Waals surface area contributed by atoms with Crippen molar-refractivity contribution in [2.24, 2.45) is 5.92 Å². The van der Waals surface area contributed by atoms with Gasteiger partial charge in [-0.25, -0.2) is 4.98 Å². The summed E-state index contributed by atoms with van der Waals surface area (Å²) in [6.07, 6.45) is 1.90. The van der Waals surface area contributed by atoms with Crippen molar-refractivity contribution in [2.45, 2.75) is 77.6 Å². The normalized spacial score (nSPS) is 19.1. The molecule has 2 aliphatic rings. The number of nitrogens with one attached hydrogen (secondary N) is 4. The van der Waals surface area contributed by atoms with Crippen molar-refractivity contribution in [3.63, 3.8) is 0 Å². The highest BCUT2D eigenvalue weighted by Crippen LogP contribution is 2.37. The van der Waals surface area contributed by atoms with E-state index in [4.69, 9.17) is 18.9 Å². The van der Waals surface area contributed by atoms with E-state index in [0.29, 0.717) is 41.2 Å². The van der Waals surface area contributed by atoms with Crippen LogP contribution in [0.2, 0.25) is 0 Å². The van der Waals surface area contributed by atoms with Crippen LogP contribution in [-0.2, 0) is 33.8 Å². The van der Waals surface area contributed by atoms with Gasteiger partial charge in [-0.2, -0.15) is 0 Å². The summed E-state index contributed by atoms with van der Waals surface area (Å²) in [4.78, 5) is 74.4. The molecule has 57 heavy (non-hydrogen) atoms. The van der Waals surface area contributed by atoms with Gasteiger partial charge in [-0.15, -0.1) is 0 Å². The number of methoxy groups -OCH3 is 3. The van der Waals surface area contributed by atoms with Crippen LogP contribution in [-0.4, -0.2) is 104 Å². The highest BCUT2D eigenvalue weighted by Gasteiger charge is 2.33. The second-order valence-corrected chi connectivity index (χ2v) is 14.3. The average Bonchev–Trinajstić information content (AvgIpc) is 3.66. The maximum atomic E-state index is 14.1. The Morgan fingerprint density at radius 3 is 2.33 bits per heavy atom. The number of ether oxygens (including phenoxy) is 4. The summed E-state index contributed by atoms with van der Waals surface area (Å²) < 4.78 is 22.9. The minimum Gasteiger partial charge on any atom is -0.496 e. The highest BCUT2D eigenvalue weighted by atomic mass is 16.5. The fraction of sp³-hybridized carbons (Fsp3) is 0.463. The van der Waals surface area contributed by atoms with Crippen molar-refractivity contribution in [2.75, 3.05) is 41.0 Å². The van der Waals surface area contributed by atoms with Gasteiger partial charge in [0, 0.05) is 24.3 Å². The van der Waals surface area contributed by atoms with Crippen LogP contribution in [0.3, 0.4) is 0 Å². The summed E-state index contributed by atoms with van der Waals surface area (Å²) >= 11 is 0. The zero-order valence-electron chi connectivity index (χ0n) is 33.2. The summed E-state index contributed by atoms with van der Waals surface area (Å²) in [5, 5.41) is 21.7. The molecule has 306 valence electrons. The molecule has 5 N–H and O–H groups in total. The van der Waals surface area contributed by atoms with Crippen LogP contribution < -0.4 is 40.2 Å². The van der Waals surface area contributed by atoms with Crippen molar-refractivity contribution in [1.82, 2.24) is 31.2 Å². The first-order valence-electron chi connectivity index (χ1n) is 19.1. The number of nitrogens with zero attached hydrogens (tertiary/aromatic N) is 2. The predicted molar refractivity (Wildman–Crippen MR) is 209 cm³/mol. The standard InChI is InChI=1S/C41H52N6O10/c1-23(2)35-38(51)43-21-28-30(54-4)13-10-14-31(28)57-33-20-26(15-16-32(33)55-5)37(50)42-17-7-8-18-47(22-34(49)45-36(24(3)48)39(52)46-35)41(53)27-19-25-11-9-12-29(25)44-40(27)56-6/h10,13-16,19-20,23-24,35-36,48H,7-9,11-12,17-18,21-22H2,1-6H3,(H,42,50)(H,43,51)(H,45,49)(H,46,52)/t24-,35-,36+/m1/s1. The smallest absolute Gasteiger partial charge is 0.259 e. The van der Waals surface area contributed by atoms with E-state index in [9.17, 15) is 29.1 Å². The number of aromatic nitrogens is 1. The lowest BCUT2D eigenvalue weighted by Gasteiger charge is -2.28. The number of amides is 5. The van der Waals surface area contributed by atoms with E-state index >= 15 is 0 Å². The van der Waals surface area contributed by atoms with E-state index in [-0.39, 0.29) is 42.7 Å². The molecule has 0 saturated carbocycles. The number of benzene rings is 2. The second kappa shape index (κ2) is 19.3. The molecular formula is C41H52N6O10. The Bertz CT molecular complexity index is 1970. The van der Waals surface area contributed by atoms with Crippen LogP contribution in [0.5, 0.6) is 28.9 Å². The maximum absolute atomic E-state index is 14.1. The van der Waals surface area contributed by atoms with Gasteiger partial charge < -0.3 is 50.2 Å². The van der Waals surface area contributed by atoms with Crippen LogP contribution in [0, 0.1) is 5.92 Å². The second-order valence-electron chi connectivity index (χ2n) is 14.3. The minimum atomic E-state index is -1.46. The van der Waals surface area contributed by atoms with E-state index < -0.39 is 54.3 Å². The number of carbonyl (C=O) groups is 5. The predicted octanol–water partition coefficient (Wildman–Crippen LogP) is 2.68. The summed E-state index contributed by atoms with van der Waals surface area (Å²) in [6, 6.07) is 9.07. The summed E-state index contributed by atoms with van der Waals surface area (Å²) in [5.41, 5.74) is 2.77. The molecule has 0 saturated heterocycles. The number of fused-ring (bicyclic) bond motifs is 4. The molecular weight excluding hydrogens is 736 g/mol. The molecule has 1 aromatic heterocycles. The molecule has 5 rings (SSSR count). The number of aliphatic hydroxyl groups excluding tert-OH is 1. The van der Waals surface area contributed by atoms with E-state index in [1.807, 2.05) is 0 Å². The SMILES string of the molecule is COc1ccc2cc1Oc1cccc(OC)c1CNC(=O)[C@@H](C(C)C)NC(=O)[C@H]([C@@H](C)O)NC(=O)CN(C(=O)c1cc3c(nc1OC)CCC3)CCCCNC2=O. The van der Waals surface area contributed by atoms with Crippen molar-refractivity contribution in [1.29, 1.82) is 0 Å². The van der Waals surface area contributed by atoms with Crippen LogP contribution in [0.4, 0.5) is 0 Å². The number of hydrogen-bond donors (Lipinski definition) is 5. The van der Waals surface area contributed by atoms with Crippen molar-refractivity contribution in [3.05, 3.63) is 70.4 Å². The molecule has 3 atom stereocenters. The Kier molecular flexibility index (Phi) is 14.3. The number of pyridine rings is 1. The fourth-order valence-corrected chi connectivity index (χ4v) is 6.80. The lowest BCUT2D eigenvalue weighted by atomic mass is 10.0. The van der Waals surface area contributed by atoms with E-state index in [1.54, 1.807) is 56.3 Å². The zero-order chi connectivity index (χ0) is 41.2. The quantitative estimate of drug-likeness (QED) is 0.246. The van der Waals surface area contributed by atoms with Gasteiger partial charge in [0.25, 0.3) is 11.8 Å². The van der Waals surface area contributed by atoms with Crippen LogP contribution in [0.1, 0.15) is 77.6 Å². The van der Waals surface area contributed by atoms with Gasteiger partial charge in [0.15, 0.2) is 11.5 Å². The van der Waals surface area contributed by atoms with Crippen LogP contribution >= 0.6 is 0 Å². The minimum absolute atomic E-state index is 0.0787. The Labute approximate surface area is 332 Å². The topological polar surface area (TPSA) is 207 Å². The average molecular weight is 789 g/mol. The molecule has 5 amide bonds.